The first-order valence-electron chi connectivity index (χ1n) is 5.27. The average Bonchev–Trinajstić information content (AvgIpc) is 2.44. The van der Waals surface area contributed by atoms with Crippen LogP contribution in [0.15, 0.2) is 18.3 Å². The van der Waals surface area contributed by atoms with Gasteiger partial charge in [-0.3, -0.25) is 14.9 Å². The second-order valence-corrected chi connectivity index (χ2v) is 3.63. The van der Waals surface area contributed by atoms with Gasteiger partial charge in [0.25, 0.3) is 5.69 Å². The normalized spacial score (nSPS) is 10.2. The molecule has 2 rings (SSSR count). The second-order valence-electron chi connectivity index (χ2n) is 3.63. The Kier molecular flexibility index (Phi) is 3.28. The molecular formula is C12H10N2O5. The van der Waals surface area contributed by atoms with Gasteiger partial charge in [-0.2, -0.15) is 0 Å². The molecule has 0 fully saturated rings. The summed E-state index contributed by atoms with van der Waals surface area (Å²) in [5.41, 5.74) is 0.104. The summed E-state index contributed by atoms with van der Waals surface area (Å²) in [6.45, 7) is 0. The quantitative estimate of drug-likeness (QED) is 0.475. The van der Waals surface area contributed by atoms with Gasteiger partial charge in [-0.1, -0.05) is 0 Å². The van der Waals surface area contributed by atoms with Crippen molar-refractivity contribution in [3.05, 3.63) is 34.0 Å². The van der Waals surface area contributed by atoms with Crippen LogP contribution in [-0.4, -0.2) is 30.4 Å². The van der Waals surface area contributed by atoms with Gasteiger partial charge >= 0.3 is 0 Å². The van der Waals surface area contributed by atoms with E-state index in [0.29, 0.717) is 6.29 Å². The minimum Gasteiger partial charge on any atom is -0.493 e. The highest BCUT2D eigenvalue weighted by atomic mass is 16.6. The van der Waals surface area contributed by atoms with Gasteiger partial charge in [0.15, 0.2) is 23.3 Å². The van der Waals surface area contributed by atoms with Crippen LogP contribution in [0.4, 0.5) is 5.69 Å². The number of carbonyl (C=O) groups excluding carboxylic acids is 1. The highest BCUT2D eigenvalue weighted by Crippen LogP contribution is 2.41. The van der Waals surface area contributed by atoms with Gasteiger partial charge in [0, 0.05) is 11.8 Å². The molecule has 0 atom stereocenters. The van der Waals surface area contributed by atoms with E-state index in [2.05, 4.69) is 4.98 Å². The van der Waals surface area contributed by atoms with E-state index < -0.39 is 4.92 Å². The highest BCUT2D eigenvalue weighted by molar-refractivity contribution is 6.04. The highest BCUT2D eigenvalue weighted by Gasteiger charge is 2.23. The first kappa shape index (κ1) is 12.7. The lowest BCUT2D eigenvalue weighted by molar-refractivity contribution is -0.383. The number of benzene rings is 1. The fourth-order valence-corrected chi connectivity index (χ4v) is 1.88. The number of non-ortho nitro benzene ring substituents is 1. The van der Waals surface area contributed by atoms with Crippen molar-refractivity contribution in [1.82, 2.24) is 4.98 Å². The molecule has 0 bridgehead atoms. The number of aldehydes is 1. The molecule has 0 amide bonds. The summed E-state index contributed by atoms with van der Waals surface area (Å²) >= 11 is 0. The average molecular weight is 262 g/mol. The standard InChI is InChI=1S/C12H10N2O5/c1-18-9-5-8(14(16)17)11-10(12(9)19-2)7(6-15)3-4-13-11/h3-6H,1-2H3. The molecule has 1 aromatic carbocycles. The number of fused-ring (bicyclic) bond motifs is 1. The number of nitro groups is 1. The van der Waals surface area contributed by atoms with Gasteiger partial charge < -0.3 is 9.47 Å². The minimum atomic E-state index is -0.578. The van der Waals surface area contributed by atoms with Gasteiger partial charge in [0.2, 0.25) is 0 Å². The largest absolute Gasteiger partial charge is 0.493 e. The zero-order valence-electron chi connectivity index (χ0n) is 10.2. The van der Waals surface area contributed by atoms with Gasteiger partial charge in [0.05, 0.1) is 30.6 Å². The Hall–Kier alpha value is -2.70. The second kappa shape index (κ2) is 4.89. The summed E-state index contributed by atoms with van der Waals surface area (Å²) in [5.74, 6) is 0.427. The Balaban J connectivity index is 3.01. The number of methoxy groups -OCH3 is 2. The van der Waals surface area contributed by atoms with Gasteiger partial charge in [-0.25, -0.2) is 4.98 Å². The Morgan fingerprint density at radius 2 is 2.11 bits per heavy atom. The molecular weight excluding hydrogens is 252 g/mol. The van der Waals surface area contributed by atoms with Crippen molar-refractivity contribution in [2.45, 2.75) is 0 Å². The predicted molar refractivity (Wildman–Crippen MR) is 66.9 cm³/mol. The number of nitro benzene ring substituents is 1. The first-order chi connectivity index (χ1) is 9.13. The summed E-state index contributed by atoms with van der Waals surface area (Å²) in [6.07, 6.45) is 1.93. The molecule has 0 saturated carbocycles. The van der Waals surface area contributed by atoms with Crippen LogP contribution in [0.1, 0.15) is 10.4 Å². The third-order valence-corrected chi connectivity index (χ3v) is 2.69. The van der Waals surface area contributed by atoms with E-state index >= 15 is 0 Å². The third kappa shape index (κ3) is 1.95. The van der Waals surface area contributed by atoms with Crippen LogP contribution < -0.4 is 9.47 Å². The number of hydrogen-bond donors (Lipinski definition) is 0. The SMILES string of the molecule is COc1cc([N+](=O)[O-])c2nccc(C=O)c2c1OC. The summed E-state index contributed by atoms with van der Waals surface area (Å²) < 4.78 is 10.2. The number of rotatable bonds is 4. The monoisotopic (exact) mass is 262 g/mol. The van der Waals surface area contributed by atoms with E-state index in [4.69, 9.17) is 9.47 Å². The molecule has 0 aliphatic heterocycles. The number of pyridine rings is 1. The topological polar surface area (TPSA) is 91.6 Å². The molecule has 2 aromatic rings. The lowest BCUT2D eigenvalue weighted by atomic mass is 10.1. The van der Waals surface area contributed by atoms with E-state index in [-0.39, 0.29) is 33.7 Å². The van der Waals surface area contributed by atoms with Crippen LogP contribution in [-0.2, 0) is 0 Å². The molecule has 98 valence electrons. The molecule has 0 aliphatic carbocycles. The Bertz CT molecular complexity index is 669. The molecule has 0 N–H and O–H groups in total. The lowest BCUT2D eigenvalue weighted by Crippen LogP contribution is -1.99. The van der Waals surface area contributed by atoms with E-state index in [1.165, 1.54) is 32.5 Å². The Morgan fingerprint density at radius 1 is 1.37 bits per heavy atom. The third-order valence-electron chi connectivity index (χ3n) is 2.69. The maximum absolute atomic E-state index is 11.1. The minimum absolute atomic E-state index is 0.0900. The van der Waals surface area contributed by atoms with E-state index in [1.54, 1.807) is 0 Å². The van der Waals surface area contributed by atoms with E-state index in [9.17, 15) is 14.9 Å². The molecule has 19 heavy (non-hydrogen) atoms. The number of nitrogens with zero attached hydrogens (tertiary/aromatic N) is 2. The predicted octanol–water partition coefficient (Wildman–Crippen LogP) is 1.97. The van der Waals surface area contributed by atoms with Crippen molar-refractivity contribution < 1.29 is 19.2 Å². The van der Waals surface area contributed by atoms with Crippen LogP contribution in [0, 0.1) is 10.1 Å². The number of hydrogen-bond acceptors (Lipinski definition) is 6. The molecule has 0 radical (unpaired) electrons. The fourth-order valence-electron chi connectivity index (χ4n) is 1.88. The summed E-state index contributed by atoms with van der Waals surface area (Å²) in [6, 6.07) is 2.68. The number of ether oxygens (including phenoxy) is 2. The van der Waals surface area contributed by atoms with Crippen molar-refractivity contribution >= 4 is 22.9 Å². The number of aromatic nitrogens is 1. The summed E-state index contributed by atoms with van der Waals surface area (Å²) in [4.78, 5) is 25.5. The van der Waals surface area contributed by atoms with Crippen LogP contribution in [0.25, 0.3) is 10.9 Å². The first-order valence-corrected chi connectivity index (χ1v) is 5.27. The Labute approximate surface area is 107 Å². The molecule has 0 unspecified atom stereocenters. The van der Waals surface area contributed by atoms with Crippen LogP contribution in [0.3, 0.4) is 0 Å². The summed E-state index contributed by atoms with van der Waals surface area (Å²) in [7, 11) is 2.76. The number of carbonyl (C=O) groups is 1. The molecule has 0 aliphatic rings. The molecule has 1 heterocycles. The molecule has 0 spiro atoms. The van der Waals surface area contributed by atoms with Crippen LogP contribution in [0.2, 0.25) is 0 Å². The van der Waals surface area contributed by atoms with Crippen LogP contribution in [0.5, 0.6) is 11.5 Å². The smallest absolute Gasteiger partial charge is 0.299 e. The van der Waals surface area contributed by atoms with Crippen molar-refractivity contribution in [2.75, 3.05) is 14.2 Å². The zero-order valence-corrected chi connectivity index (χ0v) is 10.2. The van der Waals surface area contributed by atoms with Crippen molar-refractivity contribution in [3.63, 3.8) is 0 Å². The zero-order chi connectivity index (χ0) is 14.0. The van der Waals surface area contributed by atoms with Crippen molar-refractivity contribution in [2.24, 2.45) is 0 Å². The molecule has 7 heteroatoms. The van der Waals surface area contributed by atoms with E-state index in [1.807, 2.05) is 0 Å². The molecule has 1 aromatic heterocycles. The Morgan fingerprint density at radius 3 is 2.63 bits per heavy atom. The maximum Gasteiger partial charge on any atom is 0.299 e. The van der Waals surface area contributed by atoms with Gasteiger partial charge in [-0.15, -0.1) is 0 Å². The summed E-state index contributed by atoms with van der Waals surface area (Å²) in [5, 5.41) is 11.3. The van der Waals surface area contributed by atoms with Crippen molar-refractivity contribution in [3.8, 4) is 11.5 Å². The van der Waals surface area contributed by atoms with Gasteiger partial charge in [0.1, 0.15) is 0 Å². The van der Waals surface area contributed by atoms with Crippen LogP contribution >= 0.6 is 0 Å². The lowest BCUT2D eigenvalue weighted by Gasteiger charge is -2.11. The van der Waals surface area contributed by atoms with Gasteiger partial charge in [-0.05, 0) is 6.07 Å². The molecule has 0 saturated heterocycles. The van der Waals surface area contributed by atoms with E-state index in [0.717, 1.165) is 0 Å². The van der Waals surface area contributed by atoms with Crippen molar-refractivity contribution in [1.29, 1.82) is 0 Å². The fraction of sp³-hybridized carbons (Fsp3) is 0.167. The molecule has 7 nitrogen and oxygen atoms in total. The maximum atomic E-state index is 11.1.